The molecule has 30 heavy (non-hydrogen) atoms. The van der Waals surface area contributed by atoms with Crippen molar-refractivity contribution in [3.8, 4) is 5.69 Å². The number of hydrogen-bond donors (Lipinski definition) is 3. The minimum Gasteiger partial charge on any atom is -0.367 e. The summed E-state index contributed by atoms with van der Waals surface area (Å²) in [5, 5.41) is 7.43. The Labute approximate surface area is 175 Å². The summed E-state index contributed by atoms with van der Waals surface area (Å²) in [6, 6.07) is 26.7. The summed E-state index contributed by atoms with van der Waals surface area (Å²) in [5.74, 6) is 1.06. The van der Waals surface area contributed by atoms with Gasteiger partial charge in [-0.2, -0.15) is 0 Å². The minimum absolute atomic E-state index is 0.235. The fraction of sp³-hybridized carbons (Fsp3) is 0.231. The Morgan fingerprint density at radius 1 is 0.833 bits per heavy atom. The van der Waals surface area contributed by atoms with Gasteiger partial charge in [-0.15, -0.1) is 0 Å². The zero-order valence-electron chi connectivity index (χ0n) is 16.9. The molecule has 2 aromatic heterocycles. The van der Waals surface area contributed by atoms with Crippen LogP contribution in [0.15, 0.2) is 72.8 Å². The Kier molecular flexibility index (Phi) is 4.06. The summed E-state index contributed by atoms with van der Waals surface area (Å²) in [6.45, 7) is 0. The van der Waals surface area contributed by atoms with E-state index in [9.17, 15) is 0 Å². The fourth-order valence-electron chi connectivity index (χ4n) is 5.08. The predicted octanol–water partition coefficient (Wildman–Crippen LogP) is 5.95. The lowest BCUT2D eigenvalue weighted by atomic mass is 9.91. The summed E-state index contributed by atoms with van der Waals surface area (Å²) in [5.41, 5.74) is 11.1. The molecule has 3 aromatic carbocycles. The van der Waals surface area contributed by atoms with Crippen molar-refractivity contribution in [2.24, 2.45) is 5.73 Å². The van der Waals surface area contributed by atoms with E-state index in [-0.39, 0.29) is 6.04 Å². The number of nitrogens with zero attached hydrogens (tertiary/aromatic N) is 1. The molecule has 0 saturated heterocycles. The number of para-hydroxylation sites is 2. The number of H-pyrrole nitrogens is 1. The molecule has 0 aliphatic heterocycles. The average Bonchev–Trinajstić information content (AvgIpc) is 3.33. The number of fused-ring (bicyclic) bond motifs is 4. The van der Waals surface area contributed by atoms with Gasteiger partial charge in [-0.25, -0.2) is 0 Å². The largest absolute Gasteiger partial charge is 0.367 e. The summed E-state index contributed by atoms with van der Waals surface area (Å²) in [6.07, 6.45) is 4.75. The molecule has 1 fully saturated rings. The number of nitrogens with two attached hydrogens (primary N) is 1. The van der Waals surface area contributed by atoms with Crippen LogP contribution in [0.3, 0.4) is 0 Å². The number of anilines is 1. The maximum Gasteiger partial charge on any atom is 0.104 e. The lowest BCUT2D eigenvalue weighted by molar-refractivity contribution is 0.403. The monoisotopic (exact) mass is 394 g/mol. The molecule has 0 spiro atoms. The first-order valence-corrected chi connectivity index (χ1v) is 10.9. The number of nitrogens with one attached hydrogen (secondary N) is 2. The van der Waals surface area contributed by atoms with E-state index in [1.54, 1.807) is 0 Å². The van der Waals surface area contributed by atoms with E-state index in [1.165, 1.54) is 45.7 Å². The van der Waals surface area contributed by atoms with E-state index < -0.39 is 0 Å². The maximum absolute atomic E-state index is 6.34. The van der Waals surface area contributed by atoms with Crippen molar-refractivity contribution >= 4 is 38.5 Å². The molecule has 2 heterocycles. The first-order chi connectivity index (χ1) is 14.8. The molecule has 0 radical (unpaired) electrons. The zero-order valence-corrected chi connectivity index (χ0v) is 16.9. The number of aromatic amines is 1. The van der Waals surface area contributed by atoms with Crippen LogP contribution < -0.4 is 11.1 Å². The Morgan fingerprint density at radius 3 is 2.27 bits per heavy atom. The molecule has 1 saturated carbocycles. The Balaban J connectivity index is 1.45. The van der Waals surface area contributed by atoms with Crippen molar-refractivity contribution in [1.82, 2.24) is 9.55 Å². The smallest absolute Gasteiger partial charge is 0.104 e. The average molecular weight is 395 g/mol. The van der Waals surface area contributed by atoms with Gasteiger partial charge >= 0.3 is 0 Å². The van der Waals surface area contributed by atoms with Gasteiger partial charge in [0, 0.05) is 39.4 Å². The van der Waals surface area contributed by atoms with Gasteiger partial charge in [0.15, 0.2) is 0 Å². The predicted molar refractivity (Wildman–Crippen MR) is 126 cm³/mol. The topological polar surface area (TPSA) is 58.8 Å². The second kappa shape index (κ2) is 6.92. The summed E-state index contributed by atoms with van der Waals surface area (Å²) in [4.78, 5) is 3.53. The molecule has 150 valence electrons. The van der Waals surface area contributed by atoms with Gasteiger partial charge in [-0.05, 0) is 49.2 Å². The van der Waals surface area contributed by atoms with Crippen LogP contribution in [0.5, 0.6) is 0 Å². The summed E-state index contributed by atoms with van der Waals surface area (Å²) >= 11 is 0. The molecular formula is C26H26N4. The van der Waals surface area contributed by atoms with Crippen LogP contribution in [-0.2, 0) is 0 Å². The van der Waals surface area contributed by atoms with Crippen molar-refractivity contribution in [3.05, 3.63) is 72.8 Å². The molecule has 0 bridgehead atoms. The zero-order chi connectivity index (χ0) is 20.1. The molecule has 1 aliphatic rings. The van der Waals surface area contributed by atoms with Crippen molar-refractivity contribution < 1.29 is 0 Å². The normalized spacial score (nSPS) is 19.6. The van der Waals surface area contributed by atoms with Crippen LogP contribution in [0.25, 0.3) is 38.4 Å². The molecule has 4 heteroatoms. The standard InChI is InChI=1S/C26H26N4/c27-21-9-3-4-10-23(21)29-26-16-17-15-18(13-14-22(17)28-26)30-24-11-5-1-7-19(24)20-8-2-6-12-25(20)30/h1-2,5-8,11-16,21,23,28-29H,3-4,9-10,27H2/t21?,23-/m0/s1. The van der Waals surface area contributed by atoms with Crippen molar-refractivity contribution in [3.63, 3.8) is 0 Å². The third-order valence-electron chi connectivity index (χ3n) is 6.60. The number of hydrogen-bond acceptors (Lipinski definition) is 2. The second-order valence-electron chi connectivity index (χ2n) is 8.52. The third-order valence-corrected chi connectivity index (χ3v) is 6.60. The first kappa shape index (κ1) is 17.6. The van der Waals surface area contributed by atoms with E-state index in [0.29, 0.717) is 6.04 Å². The van der Waals surface area contributed by atoms with Crippen LogP contribution in [0.2, 0.25) is 0 Å². The quantitative estimate of drug-likeness (QED) is 0.354. The molecule has 1 unspecified atom stereocenters. The number of benzene rings is 3. The van der Waals surface area contributed by atoms with Gasteiger partial charge in [0.2, 0.25) is 0 Å². The highest BCUT2D eigenvalue weighted by atomic mass is 15.0. The van der Waals surface area contributed by atoms with Gasteiger partial charge in [-0.3, -0.25) is 0 Å². The lowest BCUT2D eigenvalue weighted by Gasteiger charge is -2.29. The Morgan fingerprint density at radius 2 is 1.53 bits per heavy atom. The Bertz CT molecular complexity index is 1310. The van der Waals surface area contributed by atoms with Crippen LogP contribution in [0, 0.1) is 0 Å². The van der Waals surface area contributed by atoms with E-state index >= 15 is 0 Å². The third kappa shape index (κ3) is 2.79. The van der Waals surface area contributed by atoms with Crippen LogP contribution in [0.4, 0.5) is 5.82 Å². The van der Waals surface area contributed by atoms with Gasteiger partial charge in [0.05, 0.1) is 11.0 Å². The van der Waals surface area contributed by atoms with E-state index in [1.807, 2.05) is 0 Å². The molecule has 2 atom stereocenters. The van der Waals surface area contributed by atoms with Gasteiger partial charge in [-0.1, -0.05) is 49.2 Å². The number of rotatable bonds is 3. The van der Waals surface area contributed by atoms with E-state index in [4.69, 9.17) is 5.73 Å². The highest BCUT2D eigenvalue weighted by Gasteiger charge is 2.22. The minimum atomic E-state index is 0.235. The molecular weight excluding hydrogens is 368 g/mol. The van der Waals surface area contributed by atoms with Crippen molar-refractivity contribution in [1.29, 1.82) is 0 Å². The van der Waals surface area contributed by atoms with Gasteiger partial charge < -0.3 is 20.6 Å². The van der Waals surface area contributed by atoms with Gasteiger partial charge in [0.25, 0.3) is 0 Å². The van der Waals surface area contributed by atoms with E-state index in [0.717, 1.165) is 24.2 Å². The Hall–Kier alpha value is -3.24. The molecule has 4 N–H and O–H groups in total. The summed E-state index contributed by atoms with van der Waals surface area (Å²) in [7, 11) is 0. The second-order valence-corrected chi connectivity index (χ2v) is 8.52. The fourth-order valence-corrected chi connectivity index (χ4v) is 5.08. The molecule has 0 amide bonds. The van der Waals surface area contributed by atoms with Crippen molar-refractivity contribution in [2.45, 2.75) is 37.8 Å². The molecule has 5 aromatic rings. The molecule has 6 rings (SSSR count). The molecule has 1 aliphatic carbocycles. The highest BCUT2D eigenvalue weighted by molar-refractivity contribution is 6.09. The van der Waals surface area contributed by atoms with Crippen molar-refractivity contribution in [2.75, 3.05) is 5.32 Å². The van der Waals surface area contributed by atoms with E-state index in [2.05, 4.69) is 87.7 Å². The highest BCUT2D eigenvalue weighted by Crippen LogP contribution is 2.33. The van der Waals surface area contributed by atoms with Crippen LogP contribution in [0.1, 0.15) is 25.7 Å². The van der Waals surface area contributed by atoms with Crippen LogP contribution in [-0.4, -0.2) is 21.6 Å². The SMILES string of the molecule is NC1CCCC[C@@H]1Nc1cc2cc(-n3c4ccccc4c4ccccc43)ccc2[nH]1. The lowest BCUT2D eigenvalue weighted by Crippen LogP contribution is -2.42. The van der Waals surface area contributed by atoms with Crippen LogP contribution >= 0.6 is 0 Å². The molecule has 4 nitrogen and oxygen atoms in total. The summed E-state index contributed by atoms with van der Waals surface area (Å²) < 4.78 is 2.36. The van der Waals surface area contributed by atoms with Gasteiger partial charge in [0.1, 0.15) is 5.82 Å². The first-order valence-electron chi connectivity index (χ1n) is 10.9. The number of aromatic nitrogens is 2. The maximum atomic E-state index is 6.34.